The molecule has 4 nitrogen and oxygen atoms in total. The fourth-order valence-electron chi connectivity index (χ4n) is 2.81. The van der Waals surface area contributed by atoms with E-state index in [1.807, 2.05) is 13.8 Å². The molecule has 0 aliphatic carbocycles. The topological polar surface area (TPSA) is 58.4 Å². The van der Waals surface area contributed by atoms with Crippen LogP contribution in [0.2, 0.25) is 0 Å². The van der Waals surface area contributed by atoms with E-state index in [0.29, 0.717) is 12.1 Å². The number of primary amides is 1. The Morgan fingerprint density at radius 1 is 1.25 bits per heavy atom. The molecule has 0 spiro atoms. The van der Waals surface area contributed by atoms with Crippen LogP contribution in [-0.2, 0) is 4.79 Å². The highest BCUT2D eigenvalue weighted by Gasteiger charge is 2.34. The van der Waals surface area contributed by atoms with Gasteiger partial charge in [0, 0.05) is 12.1 Å². The fraction of sp³-hybridized carbons (Fsp3) is 0.938. The van der Waals surface area contributed by atoms with E-state index in [0.717, 1.165) is 25.9 Å². The molecule has 20 heavy (non-hydrogen) atoms. The Hall–Kier alpha value is -0.610. The number of hydrogen-bond donors (Lipinski definition) is 2. The molecule has 0 aromatic rings. The average Bonchev–Trinajstić information content (AvgIpc) is 2.38. The molecule has 0 aromatic carbocycles. The van der Waals surface area contributed by atoms with Gasteiger partial charge in [-0.25, -0.2) is 0 Å². The summed E-state index contributed by atoms with van der Waals surface area (Å²) in [6.07, 6.45) is 4.27. The molecule has 0 rings (SSSR count). The summed E-state index contributed by atoms with van der Waals surface area (Å²) < 4.78 is 0. The van der Waals surface area contributed by atoms with Crippen LogP contribution in [-0.4, -0.2) is 41.5 Å². The summed E-state index contributed by atoms with van der Waals surface area (Å²) in [6.45, 7) is 14.7. The molecule has 0 bridgehead atoms. The van der Waals surface area contributed by atoms with E-state index in [1.54, 1.807) is 0 Å². The van der Waals surface area contributed by atoms with Crippen molar-refractivity contribution in [2.45, 2.75) is 84.8 Å². The Morgan fingerprint density at radius 2 is 1.85 bits per heavy atom. The van der Waals surface area contributed by atoms with Crippen LogP contribution >= 0.6 is 0 Å². The van der Waals surface area contributed by atoms with Crippen molar-refractivity contribution in [1.29, 1.82) is 0 Å². The maximum Gasteiger partial charge on any atom is 0.237 e. The van der Waals surface area contributed by atoms with Crippen molar-refractivity contribution in [3.63, 3.8) is 0 Å². The number of nitrogens with two attached hydrogens (primary N) is 1. The summed E-state index contributed by atoms with van der Waals surface area (Å²) in [5.74, 6) is -0.259. The van der Waals surface area contributed by atoms with Crippen molar-refractivity contribution < 1.29 is 4.79 Å². The molecule has 0 aromatic heterocycles. The van der Waals surface area contributed by atoms with E-state index < -0.39 is 5.54 Å². The van der Waals surface area contributed by atoms with Crippen molar-refractivity contribution in [1.82, 2.24) is 10.2 Å². The zero-order chi connectivity index (χ0) is 15.8. The van der Waals surface area contributed by atoms with Gasteiger partial charge >= 0.3 is 0 Å². The van der Waals surface area contributed by atoms with Crippen molar-refractivity contribution in [3.05, 3.63) is 0 Å². The molecule has 1 amide bonds. The Balaban J connectivity index is 4.86. The van der Waals surface area contributed by atoms with Crippen LogP contribution in [0.15, 0.2) is 0 Å². The van der Waals surface area contributed by atoms with Gasteiger partial charge in [-0.05, 0) is 53.1 Å². The molecule has 3 unspecified atom stereocenters. The maximum absolute atomic E-state index is 11.8. The standard InChI is InChI=1S/C16H35N3O/c1-7-10-11-19(13(4)8-2)14(5)12-16(6,15(17)20)18-9-3/h13-14,18H,7-12H2,1-6H3,(H2,17,20). The molecule has 0 aliphatic rings. The van der Waals surface area contributed by atoms with Crippen LogP contribution in [0.1, 0.15) is 67.2 Å². The Kier molecular flexibility index (Phi) is 9.06. The predicted molar refractivity (Wildman–Crippen MR) is 86.7 cm³/mol. The lowest BCUT2D eigenvalue weighted by Crippen LogP contribution is -2.57. The van der Waals surface area contributed by atoms with Gasteiger partial charge in [-0.15, -0.1) is 0 Å². The average molecular weight is 285 g/mol. The molecule has 3 N–H and O–H groups in total. The zero-order valence-corrected chi connectivity index (χ0v) is 14.3. The Morgan fingerprint density at radius 3 is 2.25 bits per heavy atom. The van der Waals surface area contributed by atoms with Crippen molar-refractivity contribution in [2.24, 2.45) is 5.73 Å². The highest BCUT2D eigenvalue weighted by Crippen LogP contribution is 2.20. The van der Waals surface area contributed by atoms with Crippen molar-refractivity contribution in [2.75, 3.05) is 13.1 Å². The molecule has 120 valence electrons. The number of likely N-dealkylation sites (N-methyl/N-ethyl adjacent to an activating group) is 1. The maximum atomic E-state index is 11.8. The minimum Gasteiger partial charge on any atom is -0.368 e. The molecule has 0 radical (unpaired) electrons. The summed E-state index contributed by atoms with van der Waals surface area (Å²) in [5, 5.41) is 3.26. The molecule has 0 heterocycles. The molecule has 0 saturated heterocycles. The SMILES string of the molecule is CCCCN(C(C)CC)C(C)CC(C)(NCC)C(N)=O. The number of rotatable bonds is 11. The van der Waals surface area contributed by atoms with Gasteiger partial charge < -0.3 is 11.1 Å². The highest BCUT2D eigenvalue weighted by atomic mass is 16.1. The van der Waals surface area contributed by atoms with Gasteiger partial charge in [0.1, 0.15) is 0 Å². The number of hydrogen-bond acceptors (Lipinski definition) is 3. The number of carbonyl (C=O) groups is 1. The second-order valence-corrected chi connectivity index (χ2v) is 6.13. The lowest BCUT2D eigenvalue weighted by Gasteiger charge is -2.39. The molecule has 4 heteroatoms. The third-order valence-corrected chi connectivity index (χ3v) is 4.31. The van der Waals surface area contributed by atoms with Crippen LogP contribution in [0.25, 0.3) is 0 Å². The van der Waals surface area contributed by atoms with E-state index in [9.17, 15) is 4.79 Å². The number of amides is 1. The number of nitrogens with one attached hydrogen (secondary N) is 1. The first kappa shape index (κ1) is 19.4. The van der Waals surface area contributed by atoms with Crippen LogP contribution < -0.4 is 11.1 Å². The van der Waals surface area contributed by atoms with Crippen molar-refractivity contribution >= 4 is 5.91 Å². The van der Waals surface area contributed by atoms with Crippen molar-refractivity contribution in [3.8, 4) is 0 Å². The largest absolute Gasteiger partial charge is 0.368 e. The third-order valence-electron chi connectivity index (χ3n) is 4.31. The molecule has 0 fully saturated rings. The van der Waals surface area contributed by atoms with Gasteiger partial charge in [-0.1, -0.05) is 27.2 Å². The minimum absolute atomic E-state index is 0.259. The van der Waals surface area contributed by atoms with Crippen LogP contribution in [0.3, 0.4) is 0 Å². The van der Waals surface area contributed by atoms with E-state index in [4.69, 9.17) is 5.73 Å². The van der Waals surface area contributed by atoms with Crippen LogP contribution in [0, 0.1) is 0 Å². The van der Waals surface area contributed by atoms with Crippen LogP contribution in [0.4, 0.5) is 0 Å². The van der Waals surface area contributed by atoms with E-state index in [-0.39, 0.29) is 5.91 Å². The zero-order valence-electron chi connectivity index (χ0n) is 14.3. The van der Waals surface area contributed by atoms with E-state index >= 15 is 0 Å². The Labute approximate surface area is 125 Å². The van der Waals surface area contributed by atoms with Gasteiger partial charge in [-0.3, -0.25) is 9.69 Å². The summed E-state index contributed by atoms with van der Waals surface area (Å²) in [7, 11) is 0. The lowest BCUT2D eigenvalue weighted by atomic mass is 9.91. The molecule has 0 saturated carbocycles. The summed E-state index contributed by atoms with van der Waals surface area (Å²) in [6, 6.07) is 0.878. The lowest BCUT2D eigenvalue weighted by molar-refractivity contribution is -0.124. The number of nitrogens with zero attached hydrogens (tertiary/aromatic N) is 1. The van der Waals surface area contributed by atoms with Gasteiger partial charge in [-0.2, -0.15) is 0 Å². The van der Waals surface area contributed by atoms with E-state index in [2.05, 4.69) is 37.9 Å². The molecular formula is C16H35N3O. The molecular weight excluding hydrogens is 250 g/mol. The quantitative estimate of drug-likeness (QED) is 0.613. The first-order valence-corrected chi connectivity index (χ1v) is 8.13. The third kappa shape index (κ3) is 5.80. The minimum atomic E-state index is -0.619. The summed E-state index contributed by atoms with van der Waals surface area (Å²) in [4.78, 5) is 14.3. The first-order chi connectivity index (χ1) is 9.32. The second kappa shape index (κ2) is 9.35. The fourth-order valence-corrected chi connectivity index (χ4v) is 2.81. The second-order valence-electron chi connectivity index (χ2n) is 6.13. The summed E-state index contributed by atoms with van der Waals surface area (Å²) in [5.41, 5.74) is 4.98. The normalized spacial score (nSPS) is 17.8. The highest BCUT2D eigenvalue weighted by molar-refractivity contribution is 5.84. The predicted octanol–water partition coefficient (Wildman–Crippen LogP) is 2.52. The molecule has 0 aliphatic heterocycles. The number of unbranched alkanes of at least 4 members (excludes halogenated alkanes) is 1. The van der Waals surface area contributed by atoms with Gasteiger partial charge in [0.15, 0.2) is 0 Å². The van der Waals surface area contributed by atoms with E-state index in [1.165, 1.54) is 12.8 Å². The number of carbonyl (C=O) groups excluding carboxylic acids is 1. The smallest absolute Gasteiger partial charge is 0.237 e. The summed E-state index contributed by atoms with van der Waals surface area (Å²) >= 11 is 0. The van der Waals surface area contributed by atoms with Gasteiger partial charge in [0.05, 0.1) is 5.54 Å². The Bertz CT molecular complexity index is 283. The monoisotopic (exact) mass is 285 g/mol. The van der Waals surface area contributed by atoms with Crippen LogP contribution in [0.5, 0.6) is 0 Å². The van der Waals surface area contributed by atoms with Gasteiger partial charge in [0.2, 0.25) is 5.91 Å². The molecule has 3 atom stereocenters. The first-order valence-electron chi connectivity index (χ1n) is 8.13. The van der Waals surface area contributed by atoms with Gasteiger partial charge in [0.25, 0.3) is 0 Å².